The van der Waals surface area contributed by atoms with E-state index in [2.05, 4.69) is 21.1 Å². The van der Waals surface area contributed by atoms with Crippen LogP contribution in [0.4, 0.5) is 0 Å². The Labute approximate surface area is 122 Å². The molecule has 0 aromatic carbocycles. The van der Waals surface area contributed by atoms with Gasteiger partial charge in [0.05, 0.1) is 11.9 Å². The standard InChI is InChI=1S/C13H17N3O2S2/c1-20(17,18)12-9-15-13(19-12)11-5-3-7-16(11)10-4-2-6-14-8-10/h3,5,7,9-10,14H,2,4,6,8H2,1H3/t10-/m1/s1. The Morgan fingerprint density at radius 3 is 3.00 bits per heavy atom. The first kappa shape index (κ1) is 13.8. The predicted molar refractivity (Wildman–Crippen MR) is 79.8 cm³/mol. The molecule has 0 radical (unpaired) electrons. The van der Waals surface area contributed by atoms with Crippen LogP contribution in [0.2, 0.25) is 0 Å². The summed E-state index contributed by atoms with van der Waals surface area (Å²) < 4.78 is 25.6. The molecular formula is C13H17N3O2S2. The first-order valence-electron chi connectivity index (χ1n) is 6.59. The summed E-state index contributed by atoms with van der Waals surface area (Å²) >= 11 is 1.24. The van der Waals surface area contributed by atoms with Crippen LogP contribution in [0.3, 0.4) is 0 Å². The second kappa shape index (κ2) is 5.31. The Kier molecular flexibility index (Phi) is 3.66. The van der Waals surface area contributed by atoms with Gasteiger partial charge >= 0.3 is 0 Å². The van der Waals surface area contributed by atoms with E-state index in [0.29, 0.717) is 10.3 Å². The number of thiazole rings is 1. The lowest BCUT2D eigenvalue weighted by molar-refractivity contribution is 0.375. The number of aromatic nitrogens is 2. The highest BCUT2D eigenvalue weighted by atomic mass is 32.2. The molecule has 0 saturated carbocycles. The van der Waals surface area contributed by atoms with Crippen molar-refractivity contribution < 1.29 is 8.42 Å². The molecule has 5 nitrogen and oxygen atoms in total. The maximum atomic E-state index is 11.6. The van der Waals surface area contributed by atoms with Gasteiger partial charge in [-0.15, -0.1) is 11.3 Å². The third kappa shape index (κ3) is 2.65. The zero-order valence-corrected chi connectivity index (χ0v) is 12.9. The molecular weight excluding hydrogens is 294 g/mol. The van der Waals surface area contributed by atoms with E-state index in [1.165, 1.54) is 23.8 Å². The molecule has 1 atom stereocenters. The summed E-state index contributed by atoms with van der Waals surface area (Å²) in [4.78, 5) is 4.28. The fraction of sp³-hybridized carbons (Fsp3) is 0.462. The molecule has 2 aromatic rings. The van der Waals surface area contributed by atoms with Crippen molar-refractivity contribution in [3.05, 3.63) is 24.5 Å². The van der Waals surface area contributed by atoms with Crippen molar-refractivity contribution in [1.82, 2.24) is 14.9 Å². The normalized spacial score (nSPS) is 20.1. The molecule has 0 unspecified atom stereocenters. The predicted octanol–water partition coefficient (Wildman–Crippen LogP) is 1.94. The van der Waals surface area contributed by atoms with E-state index in [-0.39, 0.29) is 0 Å². The molecule has 1 aliphatic heterocycles. The molecule has 3 heterocycles. The van der Waals surface area contributed by atoms with E-state index in [9.17, 15) is 8.42 Å². The second-order valence-corrected chi connectivity index (χ2v) is 8.33. The van der Waals surface area contributed by atoms with Crippen molar-refractivity contribution in [1.29, 1.82) is 0 Å². The molecule has 0 amide bonds. The molecule has 0 bridgehead atoms. The topological polar surface area (TPSA) is 64.0 Å². The van der Waals surface area contributed by atoms with Crippen LogP contribution < -0.4 is 5.32 Å². The Balaban J connectivity index is 1.95. The average molecular weight is 311 g/mol. The first-order chi connectivity index (χ1) is 9.55. The molecule has 1 aliphatic rings. The molecule has 1 fully saturated rings. The highest BCUT2D eigenvalue weighted by Crippen LogP contribution is 2.31. The fourth-order valence-electron chi connectivity index (χ4n) is 2.51. The second-order valence-electron chi connectivity index (χ2n) is 5.06. The van der Waals surface area contributed by atoms with Crippen molar-refractivity contribution in [2.75, 3.05) is 19.3 Å². The van der Waals surface area contributed by atoms with Crippen LogP contribution in [-0.4, -0.2) is 37.3 Å². The summed E-state index contributed by atoms with van der Waals surface area (Å²) in [5.74, 6) is 0. The van der Waals surface area contributed by atoms with E-state index in [1.807, 2.05) is 12.1 Å². The van der Waals surface area contributed by atoms with Gasteiger partial charge in [-0.1, -0.05) is 0 Å². The number of nitrogens with zero attached hydrogens (tertiary/aromatic N) is 2. The Bertz CT molecular complexity index is 697. The van der Waals surface area contributed by atoms with Crippen LogP contribution in [0, 0.1) is 0 Å². The summed E-state index contributed by atoms with van der Waals surface area (Å²) in [6.07, 6.45) is 7.02. The Morgan fingerprint density at radius 1 is 1.50 bits per heavy atom. The molecule has 108 valence electrons. The largest absolute Gasteiger partial charge is 0.341 e. The van der Waals surface area contributed by atoms with Gasteiger partial charge in [-0.05, 0) is 31.5 Å². The van der Waals surface area contributed by atoms with Gasteiger partial charge in [-0.2, -0.15) is 0 Å². The van der Waals surface area contributed by atoms with E-state index in [4.69, 9.17) is 0 Å². The van der Waals surface area contributed by atoms with Gasteiger partial charge < -0.3 is 9.88 Å². The minimum absolute atomic E-state index is 0.321. The lowest BCUT2D eigenvalue weighted by atomic mass is 10.1. The molecule has 0 aliphatic carbocycles. The number of hydrogen-bond donors (Lipinski definition) is 1. The number of nitrogens with one attached hydrogen (secondary N) is 1. The van der Waals surface area contributed by atoms with Gasteiger partial charge in [0.1, 0.15) is 9.22 Å². The van der Waals surface area contributed by atoms with Crippen LogP contribution in [0.5, 0.6) is 0 Å². The van der Waals surface area contributed by atoms with Crippen LogP contribution >= 0.6 is 11.3 Å². The molecule has 3 rings (SSSR count). The zero-order chi connectivity index (χ0) is 14.2. The number of piperidine rings is 1. The molecule has 7 heteroatoms. The first-order valence-corrected chi connectivity index (χ1v) is 9.30. The molecule has 0 spiro atoms. The maximum Gasteiger partial charge on any atom is 0.186 e. The van der Waals surface area contributed by atoms with Crippen LogP contribution in [-0.2, 0) is 9.84 Å². The summed E-state index contributed by atoms with van der Waals surface area (Å²) in [7, 11) is -3.18. The minimum Gasteiger partial charge on any atom is -0.341 e. The molecule has 1 saturated heterocycles. The van der Waals surface area contributed by atoms with E-state index in [0.717, 1.165) is 36.6 Å². The summed E-state index contributed by atoms with van der Waals surface area (Å²) in [5, 5.41) is 4.16. The Morgan fingerprint density at radius 2 is 2.35 bits per heavy atom. The SMILES string of the molecule is CS(=O)(=O)c1cnc(-c2cccn2[C@@H]2CCCNC2)s1. The van der Waals surface area contributed by atoms with Gasteiger partial charge in [0.15, 0.2) is 9.84 Å². The average Bonchev–Trinajstić information content (AvgIpc) is 3.07. The quantitative estimate of drug-likeness (QED) is 0.941. The molecule has 2 aromatic heterocycles. The van der Waals surface area contributed by atoms with Gasteiger partial charge in [0, 0.05) is 25.0 Å². The van der Waals surface area contributed by atoms with Gasteiger partial charge in [-0.3, -0.25) is 0 Å². The van der Waals surface area contributed by atoms with Crippen molar-refractivity contribution in [3.63, 3.8) is 0 Å². The van der Waals surface area contributed by atoms with Crippen LogP contribution in [0.25, 0.3) is 10.7 Å². The third-order valence-corrected chi connectivity index (χ3v) is 6.32. The van der Waals surface area contributed by atoms with Crippen molar-refractivity contribution in [2.24, 2.45) is 0 Å². The Hall–Kier alpha value is -1.18. The van der Waals surface area contributed by atoms with Crippen molar-refractivity contribution in [3.8, 4) is 10.7 Å². The summed E-state index contributed by atoms with van der Waals surface area (Å²) in [6.45, 7) is 2.02. The number of sulfone groups is 1. The summed E-state index contributed by atoms with van der Waals surface area (Å²) in [6, 6.07) is 4.41. The van der Waals surface area contributed by atoms with Gasteiger partial charge in [-0.25, -0.2) is 13.4 Å². The minimum atomic E-state index is -3.18. The molecule has 20 heavy (non-hydrogen) atoms. The molecule has 1 N–H and O–H groups in total. The lowest BCUT2D eigenvalue weighted by Gasteiger charge is -2.25. The zero-order valence-electron chi connectivity index (χ0n) is 11.2. The maximum absolute atomic E-state index is 11.6. The van der Waals surface area contributed by atoms with Crippen LogP contribution in [0.1, 0.15) is 18.9 Å². The van der Waals surface area contributed by atoms with Crippen LogP contribution in [0.15, 0.2) is 28.7 Å². The van der Waals surface area contributed by atoms with Gasteiger partial charge in [0.25, 0.3) is 0 Å². The lowest BCUT2D eigenvalue weighted by Crippen LogP contribution is -2.31. The van der Waals surface area contributed by atoms with E-state index >= 15 is 0 Å². The fourth-order valence-corrected chi connectivity index (χ4v) is 4.28. The van der Waals surface area contributed by atoms with Gasteiger partial charge in [0.2, 0.25) is 0 Å². The number of rotatable bonds is 3. The van der Waals surface area contributed by atoms with Crippen molar-refractivity contribution in [2.45, 2.75) is 23.1 Å². The third-order valence-electron chi connectivity index (χ3n) is 3.51. The van der Waals surface area contributed by atoms with E-state index in [1.54, 1.807) is 0 Å². The highest BCUT2D eigenvalue weighted by molar-refractivity contribution is 7.92. The highest BCUT2D eigenvalue weighted by Gasteiger charge is 2.20. The van der Waals surface area contributed by atoms with Crippen molar-refractivity contribution >= 4 is 21.2 Å². The smallest absolute Gasteiger partial charge is 0.186 e. The van der Waals surface area contributed by atoms with E-state index < -0.39 is 9.84 Å². The number of hydrogen-bond acceptors (Lipinski definition) is 5. The monoisotopic (exact) mass is 311 g/mol. The summed E-state index contributed by atoms with van der Waals surface area (Å²) in [5.41, 5.74) is 0.999.